The molecule has 0 saturated heterocycles. The van der Waals surface area contributed by atoms with Crippen molar-refractivity contribution in [2.24, 2.45) is 0 Å². The van der Waals surface area contributed by atoms with E-state index in [9.17, 15) is 9.50 Å². The fourth-order valence-electron chi connectivity index (χ4n) is 1.15. The number of alkyl halides is 1. The normalized spacial score (nSPS) is 14.2. The molecule has 0 bridgehead atoms. The Bertz CT molecular complexity index is 271. The maximum atomic E-state index is 13.3. The molecule has 1 nitrogen and oxygen atoms in total. The predicted octanol–water partition coefficient (Wildman–Crippen LogP) is 2.78. The molecule has 0 aliphatic heterocycles. The molecule has 0 spiro atoms. The molecule has 13 heavy (non-hydrogen) atoms. The van der Waals surface area contributed by atoms with Gasteiger partial charge in [0.25, 0.3) is 0 Å². The van der Waals surface area contributed by atoms with Crippen LogP contribution in [0.1, 0.15) is 31.1 Å². The van der Waals surface area contributed by atoms with Crippen molar-refractivity contribution in [3.05, 3.63) is 35.4 Å². The third-order valence-corrected chi connectivity index (χ3v) is 2.04. The van der Waals surface area contributed by atoms with Crippen LogP contribution < -0.4 is 0 Å². The van der Waals surface area contributed by atoms with E-state index in [0.29, 0.717) is 5.56 Å². The van der Waals surface area contributed by atoms with E-state index in [4.69, 9.17) is 0 Å². The topological polar surface area (TPSA) is 20.2 Å². The molecular formula is C11H15FO. The highest BCUT2D eigenvalue weighted by Gasteiger charge is 2.28. The molecule has 0 radical (unpaired) electrons. The maximum absolute atomic E-state index is 13.3. The second kappa shape index (κ2) is 3.46. The Morgan fingerprint density at radius 1 is 1.23 bits per heavy atom. The molecule has 0 aliphatic rings. The van der Waals surface area contributed by atoms with Crippen molar-refractivity contribution in [3.8, 4) is 0 Å². The molecule has 1 aromatic carbocycles. The summed E-state index contributed by atoms with van der Waals surface area (Å²) in [6.45, 7) is 4.70. The molecule has 72 valence electrons. The van der Waals surface area contributed by atoms with E-state index >= 15 is 0 Å². The van der Waals surface area contributed by atoms with Crippen LogP contribution in [0.4, 0.5) is 4.39 Å². The lowest BCUT2D eigenvalue weighted by Gasteiger charge is -2.22. The van der Waals surface area contributed by atoms with Gasteiger partial charge < -0.3 is 5.11 Å². The number of halogens is 1. The van der Waals surface area contributed by atoms with Gasteiger partial charge >= 0.3 is 0 Å². The lowest BCUT2D eigenvalue weighted by molar-refractivity contribution is 0.0161. The smallest absolute Gasteiger partial charge is 0.135 e. The lowest BCUT2D eigenvalue weighted by atomic mass is 9.96. The Morgan fingerprint density at radius 2 is 1.69 bits per heavy atom. The summed E-state index contributed by atoms with van der Waals surface area (Å²) in [6.07, 6.45) is -1.05. The van der Waals surface area contributed by atoms with Crippen LogP contribution in [-0.4, -0.2) is 10.8 Å². The van der Waals surface area contributed by atoms with Gasteiger partial charge in [-0.15, -0.1) is 0 Å². The fourth-order valence-corrected chi connectivity index (χ4v) is 1.15. The number of aliphatic hydroxyl groups is 1. The molecule has 0 aliphatic carbocycles. The lowest BCUT2D eigenvalue weighted by Crippen LogP contribution is -2.23. The first kappa shape index (κ1) is 10.2. The van der Waals surface area contributed by atoms with Crippen LogP contribution in [0.5, 0.6) is 0 Å². The average Bonchev–Trinajstić information content (AvgIpc) is 2.03. The van der Waals surface area contributed by atoms with Gasteiger partial charge in [-0.25, -0.2) is 4.39 Å². The van der Waals surface area contributed by atoms with Crippen molar-refractivity contribution in [1.29, 1.82) is 0 Å². The van der Waals surface area contributed by atoms with Gasteiger partial charge in [0.15, 0.2) is 0 Å². The van der Waals surface area contributed by atoms with E-state index in [0.717, 1.165) is 5.56 Å². The van der Waals surface area contributed by atoms with E-state index in [2.05, 4.69) is 0 Å². The van der Waals surface area contributed by atoms with Crippen LogP contribution in [0.2, 0.25) is 0 Å². The first-order valence-electron chi connectivity index (χ1n) is 4.35. The number of rotatable bonds is 2. The molecule has 0 aromatic heterocycles. The maximum Gasteiger partial charge on any atom is 0.135 e. The van der Waals surface area contributed by atoms with E-state index in [-0.39, 0.29) is 0 Å². The number of aliphatic hydroxyl groups excluding tert-OH is 1. The Labute approximate surface area is 78.2 Å². The molecule has 1 N–H and O–H groups in total. The number of hydrogen-bond acceptors (Lipinski definition) is 1. The predicted molar refractivity (Wildman–Crippen MR) is 51.3 cm³/mol. The summed E-state index contributed by atoms with van der Waals surface area (Å²) in [5, 5.41) is 9.57. The third-order valence-electron chi connectivity index (χ3n) is 2.04. The average molecular weight is 182 g/mol. The van der Waals surface area contributed by atoms with Crippen molar-refractivity contribution < 1.29 is 9.50 Å². The molecule has 1 aromatic rings. The van der Waals surface area contributed by atoms with Crippen LogP contribution in [0.3, 0.4) is 0 Å². The first-order chi connectivity index (χ1) is 5.91. The number of hydrogen-bond donors (Lipinski definition) is 1. The Balaban J connectivity index is 2.90. The van der Waals surface area contributed by atoms with Crippen LogP contribution in [0.25, 0.3) is 0 Å². The molecule has 1 rings (SSSR count). The second-order valence-electron chi connectivity index (χ2n) is 3.88. The van der Waals surface area contributed by atoms with Crippen LogP contribution in [0, 0.1) is 6.92 Å². The molecule has 1 unspecified atom stereocenters. The molecule has 2 heteroatoms. The highest BCUT2D eigenvalue weighted by molar-refractivity contribution is 5.24. The van der Waals surface area contributed by atoms with Gasteiger partial charge in [-0.3, -0.25) is 0 Å². The molecule has 0 saturated carbocycles. The minimum absolute atomic E-state index is 0.623. The van der Waals surface area contributed by atoms with Crippen LogP contribution >= 0.6 is 0 Å². The summed E-state index contributed by atoms with van der Waals surface area (Å²) in [5.41, 5.74) is 0.139. The van der Waals surface area contributed by atoms with Gasteiger partial charge in [0, 0.05) is 0 Å². The molecule has 0 amide bonds. The zero-order chi connectivity index (χ0) is 10.1. The Hall–Kier alpha value is -0.890. The van der Waals surface area contributed by atoms with Crippen molar-refractivity contribution in [3.63, 3.8) is 0 Å². The van der Waals surface area contributed by atoms with E-state index in [1.807, 2.05) is 19.1 Å². The quantitative estimate of drug-likeness (QED) is 0.745. The van der Waals surface area contributed by atoms with Gasteiger partial charge in [-0.2, -0.15) is 0 Å². The van der Waals surface area contributed by atoms with Crippen LogP contribution in [-0.2, 0) is 0 Å². The van der Waals surface area contributed by atoms with Crippen molar-refractivity contribution >= 4 is 0 Å². The van der Waals surface area contributed by atoms with Crippen LogP contribution in [0.15, 0.2) is 24.3 Å². The van der Waals surface area contributed by atoms with Crippen molar-refractivity contribution in [1.82, 2.24) is 0 Å². The Morgan fingerprint density at radius 3 is 2.08 bits per heavy atom. The summed E-state index contributed by atoms with van der Waals surface area (Å²) in [7, 11) is 0. The monoisotopic (exact) mass is 182 g/mol. The van der Waals surface area contributed by atoms with Gasteiger partial charge in [0.05, 0.1) is 0 Å². The minimum Gasteiger partial charge on any atom is -0.385 e. The summed E-state index contributed by atoms with van der Waals surface area (Å²) in [4.78, 5) is 0. The van der Waals surface area contributed by atoms with Gasteiger partial charge in [0.1, 0.15) is 11.8 Å². The summed E-state index contributed by atoms with van der Waals surface area (Å²) >= 11 is 0. The number of benzene rings is 1. The summed E-state index contributed by atoms with van der Waals surface area (Å²) < 4.78 is 13.3. The van der Waals surface area contributed by atoms with Gasteiger partial charge in [0.2, 0.25) is 0 Å². The largest absolute Gasteiger partial charge is 0.385 e. The summed E-state index contributed by atoms with van der Waals surface area (Å²) in [6, 6.07) is 7.23. The standard InChI is InChI=1S/C11H15FO/c1-8-4-6-9(7-5-8)10(13)11(2,3)12/h4-7,10,13H,1-3H3. The van der Waals surface area contributed by atoms with E-state index < -0.39 is 11.8 Å². The zero-order valence-electron chi connectivity index (χ0n) is 8.21. The Kier molecular flexibility index (Phi) is 2.71. The van der Waals surface area contributed by atoms with E-state index in [1.165, 1.54) is 13.8 Å². The van der Waals surface area contributed by atoms with Crippen molar-refractivity contribution in [2.45, 2.75) is 32.5 Å². The molecule has 1 atom stereocenters. The second-order valence-corrected chi connectivity index (χ2v) is 3.88. The zero-order valence-corrected chi connectivity index (χ0v) is 8.21. The summed E-state index contributed by atoms with van der Waals surface area (Å²) in [5.74, 6) is 0. The molecule has 0 fully saturated rings. The SMILES string of the molecule is Cc1ccc(C(O)C(C)(C)F)cc1. The highest BCUT2D eigenvalue weighted by atomic mass is 19.1. The number of aryl methyl sites for hydroxylation is 1. The van der Waals surface area contributed by atoms with Gasteiger partial charge in [-0.05, 0) is 26.3 Å². The van der Waals surface area contributed by atoms with Crippen molar-refractivity contribution in [2.75, 3.05) is 0 Å². The first-order valence-corrected chi connectivity index (χ1v) is 4.35. The van der Waals surface area contributed by atoms with E-state index in [1.54, 1.807) is 12.1 Å². The third kappa shape index (κ3) is 2.52. The van der Waals surface area contributed by atoms with Gasteiger partial charge in [-0.1, -0.05) is 29.8 Å². The minimum atomic E-state index is -1.59. The molecule has 0 heterocycles. The molecular weight excluding hydrogens is 167 g/mol. The highest BCUT2D eigenvalue weighted by Crippen LogP contribution is 2.28. The fraction of sp³-hybridized carbons (Fsp3) is 0.455.